The molecule has 2 unspecified atom stereocenters. The van der Waals surface area contributed by atoms with Gasteiger partial charge in [0.25, 0.3) is 6.43 Å². The number of thioether (sulfide) groups is 1. The van der Waals surface area contributed by atoms with Gasteiger partial charge in [0.1, 0.15) is 30.2 Å². The lowest BCUT2D eigenvalue weighted by Crippen LogP contribution is -2.52. The zero-order chi connectivity index (χ0) is 35.7. The van der Waals surface area contributed by atoms with Crippen LogP contribution in [0.3, 0.4) is 0 Å². The maximum absolute atomic E-state index is 17.3. The number of piperidine rings is 1. The van der Waals surface area contributed by atoms with Gasteiger partial charge in [-0.25, -0.2) is 24.1 Å². The molecule has 2 aromatic rings. The number of nitrogens with two attached hydrogens (primary N) is 1. The average molecular weight is 732 g/mol. The van der Waals surface area contributed by atoms with E-state index in [9.17, 15) is 14.0 Å². The zero-order valence-electron chi connectivity index (χ0n) is 27.9. The van der Waals surface area contributed by atoms with Crippen LogP contribution in [0.2, 0.25) is 5.02 Å². The Morgan fingerprint density at radius 3 is 2.78 bits per heavy atom. The average Bonchev–Trinajstić information content (AvgIpc) is 3.62. The maximum Gasteiger partial charge on any atom is 0.319 e. The predicted octanol–water partition coefficient (Wildman–Crippen LogP) is 7.01. The third-order valence-electron chi connectivity index (χ3n) is 11.4. The predicted molar refractivity (Wildman–Crippen MR) is 184 cm³/mol. The standard InChI is InChI=1S/C35H38ClF4N7O2S/c1-34(2,43-3)21-15-48-29-25-28(27(40)24(26(29)36)17-8-9-19(37)30-23(17)18(13-41)31(42)50-30)44-33(45-32(25)47(21)14-22(38)39)49-16-35-10-5-7-20(35)46(4)12-6-11-35/h8-9,17,19-23,30H,5-7,10-12,14-16,42H2,1-2,4H3/t17-,19?,20+,21?,23+,30+,35+/m0/s1. The van der Waals surface area contributed by atoms with Crippen molar-refractivity contribution in [2.75, 3.05) is 38.3 Å². The third kappa shape index (κ3) is 5.53. The maximum atomic E-state index is 17.3. The van der Waals surface area contributed by atoms with Gasteiger partial charge in [-0.05, 0) is 39.3 Å². The molecule has 2 aliphatic carbocycles. The number of alkyl halides is 3. The van der Waals surface area contributed by atoms with Crippen LogP contribution in [0.5, 0.6) is 11.8 Å². The summed E-state index contributed by atoms with van der Waals surface area (Å²) in [5, 5.41) is 9.17. The lowest BCUT2D eigenvalue weighted by Gasteiger charge is -2.44. The summed E-state index contributed by atoms with van der Waals surface area (Å²) in [5.41, 5.74) is 4.52. The number of fused-ring (bicyclic) bond motifs is 2. The van der Waals surface area contributed by atoms with Crippen LogP contribution in [-0.2, 0) is 0 Å². The molecule has 3 aliphatic heterocycles. The van der Waals surface area contributed by atoms with E-state index in [1.54, 1.807) is 13.8 Å². The Morgan fingerprint density at radius 2 is 2.06 bits per heavy atom. The van der Waals surface area contributed by atoms with Crippen LogP contribution >= 0.6 is 23.4 Å². The Hall–Kier alpha value is -3.46. The molecule has 1 saturated heterocycles. The molecule has 0 bridgehead atoms. The molecule has 9 nitrogen and oxygen atoms in total. The SMILES string of the molecule is [C-]#[N+]C(C)(C)C1COc2c(Cl)c([C@H]3C=CC(F)[C@H]4SC(N)=C(C#N)[C@@H]34)c(F)c3nc(OC[C@]45CCC[C@H]4N(C)CCC5)nc(c23)N1CC(F)F. The molecule has 1 saturated carbocycles. The quantitative estimate of drug-likeness (QED) is 0.183. The van der Waals surface area contributed by atoms with Gasteiger partial charge in [-0.3, -0.25) is 0 Å². The number of likely N-dealkylation sites (tertiary alicyclic amines) is 1. The molecule has 1 aromatic heterocycles. The van der Waals surface area contributed by atoms with E-state index in [0.29, 0.717) is 6.04 Å². The zero-order valence-corrected chi connectivity index (χ0v) is 29.5. The van der Waals surface area contributed by atoms with Crippen molar-refractivity contribution in [1.82, 2.24) is 14.9 Å². The summed E-state index contributed by atoms with van der Waals surface area (Å²) >= 11 is 8.07. The van der Waals surface area contributed by atoms with Gasteiger partial charge in [-0.1, -0.05) is 30.2 Å². The largest absolute Gasteiger partial charge is 0.489 e. The lowest BCUT2D eigenvalue weighted by atomic mass is 9.74. The van der Waals surface area contributed by atoms with Crippen molar-refractivity contribution in [3.63, 3.8) is 0 Å². The van der Waals surface area contributed by atoms with Crippen molar-refractivity contribution in [1.29, 1.82) is 5.26 Å². The van der Waals surface area contributed by atoms with E-state index in [4.69, 9.17) is 33.4 Å². The summed E-state index contributed by atoms with van der Waals surface area (Å²) in [6.45, 7) is 11.3. The third-order valence-corrected chi connectivity index (χ3v) is 13.1. The number of rotatable bonds is 7. The highest BCUT2D eigenvalue weighted by molar-refractivity contribution is 8.04. The second-order valence-corrected chi connectivity index (χ2v) is 16.2. The highest BCUT2D eigenvalue weighted by atomic mass is 35.5. The summed E-state index contributed by atoms with van der Waals surface area (Å²) in [5.74, 6) is -2.78. The van der Waals surface area contributed by atoms with Gasteiger partial charge in [0.2, 0.25) is 5.54 Å². The first-order valence-electron chi connectivity index (χ1n) is 16.8. The van der Waals surface area contributed by atoms with Crippen LogP contribution in [0.4, 0.5) is 23.4 Å². The van der Waals surface area contributed by atoms with E-state index in [0.717, 1.165) is 50.4 Å². The van der Waals surface area contributed by atoms with E-state index >= 15 is 8.78 Å². The number of benzene rings is 1. The molecule has 15 heteroatoms. The molecule has 2 fully saturated rings. The fourth-order valence-electron chi connectivity index (χ4n) is 8.88. The van der Waals surface area contributed by atoms with E-state index < -0.39 is 53.6 Å². The Balaban J connectivity index is 1.43. The Labute approximate surface area is 297 Å². The van der Waals surface area contributed by atoms with Crippen molar-refractivity contribution in [2.45, 2.75) is 87.3 Å². The summed E-state index contributed by atoms with van der Waals surface area (Å²) in [6.07, 6.45) is 3.43. The molecular weight excluding hydrogens is 694 g/mol. The second-order valence-electron chi connectivity index (χ2n) is 14.6. The van der Waals surface area contributed by atoms with Gasteiger partial charge >= 0.3 is 6.01 Å². The molecular formula is C35H38ClF4N7O2S. The molecule has 5 aliphatic rings. The topological polar surface area (TPSA) is 105 Å². The van der Waals surface area contributed by atoms with Crippen molar-refractivity contribution >= 4 is 40.1 Å². The van der Waals surface area contributed by atoms with Gasteiger partial charge in [0.05, 0.1) is 45.5 Å². The Morgan fingerprint density at radius 1 is 1.30 bits per heavy atom. The first-order chi connectivity index (χ1) is 23.8. The molecule has 0 spiro atoms. The highest BCUT2D eigenvalue weighted by Crippen LogP contribution is 2.56. The van der Waals surface area contributed by atoms with E-state index in [1.807, 2.05) is 0 Å². The van der Waals surface area contributed by atoms with Crippen LogP contribution in [0.1, 0.15) is 57.4 Å². The van der Waals surface area contributed by atoms with E-state index in [-0.39, 0.29) is 68.3 Å². The summed E-state index contributed by atoms with van der Waals surface area (Å²) in [6, 6.07) is 1.23. The van der Waals surface area contributed by atoms with Gasteiger partial charge in [0.15, 0.2) is 11.6 Å². The number of nitriles is 1. The minimum Gasteiger partial charge on any atom is -0.489 e. The normalized spacial score (nSPS) is 30.9. The van der Waals surface area contributed by atoms with E-state index in [1.165, 1.54) is 17.1 Å². The monoisotopic (exact) mass is 731 g/mol. The molecule has 0 amide bonds. The molecule has 2 N–H and O–H groups in total. The van der Waals surface area contributed by atoms with Crippen LogP contribution in [0.25, 0.3) is 15.7 Å². The number of aromatic nitrogens is 2. The van der Waals surface area contributed by atoms with Crippen LogP contribution < -0.4 is 20.1 Å². The molecule has 1 aromatic carbocycles. The van der Waals surface area contributed by atoms with Crippen molar-refractivity contribution in [3.8, 4) is 17.8 Å². The summed E-state index contributed by atoms with van der Waals surface area (Å²) in [4.78, 5) is 16.6. The molecule has 0 radical (unpaired) electrons. The smallest absolute Gasteiger partial charge is 0.319 e. The van der Waals surface area contributed by atoms with Gasteiger partial charge < -0.3 is 29.9 Å². The minimum absolute atomic E-state index is 0.0297. The fraction of sp³-hybridized carbons (Fsp3) is 0.600. The van der Waals surface area contributed by atoms with Crippen LogP contribution in [0, 0.1) is 35.1 Å². The summed E-state index contributed by atoms with van der Waals surface area (Å²) in [7, 11) is 2.10. The minimum atomic E-state index is -2.84. The number of halogens is 5. The highest BCUT2D eigenvalue weighted by Gasteiger charge is 2.50. The first-order valence-corrected chi connectivity index (χ1v) is 18.1. The van der Waals surface area contributed by atoms with Gasteiger partial charge in [0, 0.05) is 42.7 Å². The van der Waals surface area contributed by atoms with Gasteiger partial charge in [-0.15, -0.1) is 11.8 Å². The lowest BCUT2D eigenvalue weighted by molar-refractivity contribution is 0.0133. The molecule has 4 heterocycles. The fourth-order valence-corrected chi connectivity index (χ4v) is 10.5. The number of nitrogens with zero attached hydrogens (tertiary/aromatic N) is 6. The Bertz CT molecular complexity index is 1860. The molecule has 7 atom stereocenters. The van der Waals surface area contributed by atoms with E-state index in [2.05, 4.69) is 32.8 Å². The van der Waals surface area contributed by atoms with Crippen LogP contribution in [-0.4, -0.2) is 83.7 Å². The Kier molecular flexibility index (Phi) is 9.05. The number of hydrogen-bond acceptors (Lipinski definition) is 9. The van der Waals surface area contributed by atoms with Gasteiger partial charge in [-0.2, -0.15) is 15.2 Å². The first kappa shape index (κ1) is 35.0. The van der Waals surface area contributed by atoms with Crippen molar-refractivity contribution < 1.29 is 27.0 Å². The van der Waals surface area contributed by atoms with Crippen LogP contribution in [0.15, 0.2) is 22.8 Å². The molecule has 266 valence electrons. The summed E-state index contributed by atoms with van der Waals surface area (Å²) < 4.78 is 73.8. The van der Waals surface area contributed by atoms with Crippen molar-refractivity contribution in [2.24, 2.45) is 17.1 Å². The molecule has 50 heavy (non-hydrogen) atoms. The second kappa shape index (κ2) is 12.9. The van der Waals surface area contributed by atoms with Crippen molar-refractivity contribution in [3.05, 3.63) is 50.6 Å². The number of anilines is 1. The molecule has 7 rings (SSSR count). The number of hydrogen-bond donors (Lipinski definition) is 1. The number of allylic oxidation sites excluding steroid dienone is 3. The number of ether oxygens (including phenoxy) is 2.